The standard InChI is InChI=1S/C12H12FIO2/c13-8-4-5-9(10(14)7-8)12(15)11-3-1-2-6-16-11/h3-5,7,12,15H,1-2,6H2. The Kier molecular flexibility index (Phi) is 3.81. The summed E-state index contributed by atoms with van der Waals surface area (Å²) in [6.07, 6.45) is 3.02. The van der Waals surface area contributed by atoms with Crippen LogP contribution in [0.1, 0.15) is 24.5 Å². The smallest absolute Gasteiger partial charge is 0.137 e. The number of ether oxygens (including phenoxy) is 1. The summed E-state index contributed by atoms with van der Waals surface area (Å²) in [7, 11) is 0. The fourth-order valence-electron chi connectivity index (χ4n) is 1.64. The maximum Gasteiger partial charge on any atom is 0.137 e. The summed E-state index contributed by atoms with van der Waals surface area (Å²) in [6, 6.07) is 4.35. The highest BCUT2D eigenvalue weighted by molar-refractivity contribution is 14.1. The van der Waals surface area contributed by atoms with Gasteiger partial charge in [0.2, 0.25) is 0 Å². The van der Waals surface area contributed by atoms with E-state index in [1.807, 2.05) is 28.7 Å². The molecule has 1 heterocycles. The average molecular weight is 334 g/mol. The first kappa shape index (κ1) is 11.9. The van der Waals surface area contributed by atoms with E-state index in [0.717, 1.165) is 12.8 Å². The molecule has 0 amide bonds. The quantitative estimate of drug-likeness (QED) is 0.842. The molecule has 0 radical (unpaired) electrons. The highest BCUT2D eigenvalue weighted by Gasteiger charge is 2.19. The molecule has 1 aromatic carbocycles. The molecule has 1 unspecified atom stereocenters. The summed E-state index contributed by atoms with van der Waals surface area (Å²) >= 11 is 2.01. The van der Waals surface area contributed by atoms with Crippen molar-refractivity contribution < 1.29 is 14.2 Å². The third kappa shape index (κ3) is 2.55. The molecular formula is C12H12FIO2. The van der Waals surface area contributed by atoms with Gasteiger partial charge in [0.1, 0.15) is 17.7 Å². The van der Waals surface area contributed by atoms with Crippen LogP contribution in [0.25, 0.3) is 0 Å². The van der Waals surface area contributed by atoms with Crippen LogP contribution in [0.4, 0.5) is 4.39 Å². The van der Waals surface area contributed by atoms with Crippen molar-refractivity contribution >= 4 is 22.6 Å². The van der Waals surface area contributed by atoms with Crippen molar-refractivity contribution in [3.8, 4) is 0 Å². The highest BCUT2D eigenvalue weighted by Crippen LogP contribution is 2.29. The Labute approximate surface area is 107 Å². The third-order valence-corrected chi connectivity index (χ3v) is 3.42. The van der Waals surface area contributed by atoms with E-state index in [9.17, 15) is 9.50 Å². The fourth-order valence-corrected chi connectivity index (χ4v) is 2.42. The van der Waals surface area contributed by atoms with Gasteiger partial charge in [0.15, 0.2) is 0 Å². The molecule has 86 valence electrons. The zero-order valence-corrected chi connectivity index (χ0v) is 10.8. The van der Waals surface area contributed by atoms with E-state index in [0.29, 0.717) is 21.5 Å². The van der Waals surface area contributed by atoms with Gasteiger partial charge in [-0.15, -0.1) is 0 Å². The number of hydrogen-bond acceptors (Lipinski definition) is 2. The second-order valence-electron chi connectivity index (χ2n) is 3.67. The molecule has 1 aromatic rings. The Morgan fingerprint density at radius 3 is 2.88 bits per heavy atom. The van der Waals surface area contributed by atoms with Crippen LogP contribution in [0, 0.1) is 9.39 Å². The number of halogens is 2. The Bertz CT molecular complexity index is 417. The summed E-state index contributed by atoms with van der Waals surface area (Å²) in [6.45, 7) is 0.640. The fraction of sp³-hybridized carbons (Fsp3) is 0.333. The molecule has 2 nitrogen and oxygen atoms in total. The lowest BCUT2D eigenvalue weighted by Gasteiger charge is -2.20. The molecule has 1 N–H and O–H groups in total. The van der Waals surface area contributed by atoms with Gasteiger partial charge in [-0.3, -0.25) is 0 Å². The number of rotatable bonds is 2. The zero-order chi connectivity index (χ0) is 11.5. The molecule has 2 rings (SSSR count). The first-order chi connectivity index (χ1) is 7.68. The van der Waals surface area contributed by atoms with Crippen molar-refractivity contribution in [2.75, 3.05) is 6.61 Å². The minimum absolute atomic E-state index is 0.293. The largest absolute Gasteiger partial charge is 0.495 e. The van der Waals surface area contributed by atoms with Crippen LogP contribution >= 0.6 is 22.6 Å². The zero-order valence-electron chi connectivity index (χ0n) is 8.62. The van der Waals surface area contributed by atoms with E-state index in [1.165, 1.54) is 12.1 Å². The van der Waals surface area contributed by atoms with Gasteiger partial charge in [-0.1, -0.05) is 6.07 Å². The van der Waals surface area contributed by atoms with Crippen LogP contribution in [0.15, 0.2) is 30.0 Å². The lowest BCUT2D eigenvalue weighted by molar-refractivity contribution is 0.0913. The number of benzene rings is 1. The van der Waals surface area contributed by atoms with Crippen molar-refractivity contribution in [2.24, 2.45) is 0 Å². The Balaban J connectivity index is 2.26. The molecule has 0 aromatic heterocycles. The number of aliphatic hydroxyl groups is 1. The summed E-state index contributed by atoms with van der Waals surface area (Å²) in [5.74, 6) is 0.287. The van der Waals surface area contributed by atoms with Crippen LogP contribution in [0.2, 0.25) is 0 Å². The van der Waals surface area contributed by atoms with Crippen LogP contribution in [0.3, 0.4) is 0 Å². The number of hydrogen-bond donors (Lipinski definition) is 1. The molecule has 1 aliphatic rings. The van der Waals surface area contributed by atoms with Crippen LogP contribution in [-0.4, -0.2) is 11.7 Å². The van der Waals surface area contributed by atoms with Crippen molar-refractivity contribution in [3.05, 3.63) is 45.0 Å². The van der Waals surface area contributed by atoms with Crippen LogP contribution in [0.5, 0.6) is 0 Å². The highest BCUT2D eigenvalue weighted by atomic mass is 127. The van der Waals surface area contributed by atoms with Crippen molar-refractivity contribution in [1.82, 2.24) is 0 Å². The third-order valence-electron chi connectivity index (χ3n) is 2.49. The van der Waals surface area contributed by atoms with Crippen LogP contribution in [-0.2, 0) is 4.74 Å². The predicted molar refractivity (Wildman–Crippen MR) is 67.3 cm³/mol. The first-order valence-electron chi connectivity index (χ1n) is 5.14. The predicted octanol–water partition coefficient (Wildman–Crippen LogP) is 3.16. The molecule has 0 bridgehead atoms. The summed E-state index contributed by atoms with van der Waals surface area (Å²) in [5.41, 5.74) is 0.690. The maximum atomic E-state index is 12.9. The Morgan fingerprint density at radius 1 is 1.44 bits per heavy atom. The van der Waals surface area contributed by atoms with Gasteiger partial charge in [-0.2, -0.15) is 0 Å². The average Bonchev–Trinajstić information content (AvgIpc) is 2.29. The molecule has 0 aliphatic carbocycles. The normalized spacial score (nSPS) is 17.6. The number of allylic oxidation sites excluding steroid dienone is 1. The lowest BCUT2D eigenvalue weighted by Crippen LogP contribution is -2.11. The van der Waals surface area contributed by atoms with E-state index < -0.39 is 6.10 Å². The molecule has 0 fully saturated rings. The molecule has 0 saturated heterocycles. The van der Waals surface area contributed by atoms with Gasteiger partial charge in [0.25, 0.3) is 0 Å². The van der Waals surface area contributed by atoms with Gasteiger partial charge >= 0.3 is 0 Å². The second kappa shape index (κ2) is 5.14. The van der Waals surface area contributed by atoms with E-state index in [-0.39, 0.29) is 5.82 Å². The first-order valence-corrected chi connectivity index (χ1v) is 6.22. The molecule has 16 heavy (non-hydrogen) atoms. The van der Waals surface area contributed by atoms with Gasteiger partial charge in [0.05, 0.1) is 6.61 Å². The molecule has 0 saturated carbocycles. The van der Waals surface area contributed by atoms with Gasteiger partial charge < -0.3 is 9.84 Å². The Morgan fingerprint density at radius 2 is 2.25 bits per heavy atom. The summed E-state index contributed by atoms with van der Waals surface area (Å²) in [4.78, 5) is 0. The minimum atomic E-state index is -0.784. The van der Waals surface area contributed by atoms with Crippen molar-refractivity contribution in [2.45, 2.75) is 18.9 Å². The van der Waals surface area contributed by atoms with Gasteiger partial charge in [-0.25, -0.2) is 4.39 Å². The van der Waals surface area contributed by atoms with Crippen molar-refractivity contribution in [3.63, 3.8) is 0 Å². The molecule has 1 atom stereocenters. The minimum Gasteiger partial charge on any atom is -0.495 e. The van der Waals surface area contributed by atoms with E-state index in [2.05, 4.69) is 0 Å². The number of aliphatic hydroxyl groups excluding tert-OH is 1. The monoisotopic (exact) mass is 334 g/mol. The maximum absolute atomic E-state index is 12.9. The molecular weight excluding hydrogens is 322 g/mol. The molecule has 4 heteroatoms. The van der Waals surface area contributed by atoms with E-state index in [4.69, 9.17) is 4.74 Å². The summed E-state index contributed by atoms with van der Waals surface area (Å²) in [5, 5.41) is 10.1. The topological polar surface area (TPSA) is 29.5 Å². The van der Waals surface area contributed by atoms with Crippen LogP contribution < -0.4 is 0 Å². The SMILES string of the molecule is OC(C1=CCCCO1)c1ccc(F)cc1I. The second-order valence-corrected chi connectivity index (χ2v) is 4.83. The Hall–Kier alpha value is -0.620. The lowest BCUT2D eigenvalue weighted by atomic mass is 10.1. The van der Waals surface area contributed by atoms with E-state index in [1.54, 1.807) is 6.07 Å². The van der Waals surface area contributed by atoms with Gasteiger partial charge in [-0.05, 0) is 53.6 Å². The molecule has 1 aliphatic heterocycles. The summed E-state index contributed by atoms with van der Waals surface area (Å²) < 4.78 is 19.0. The van der Waals surface area contributed by atoms with Gasteiger partial charge in [0, 0.05) is 9.13 Å². The molecule has 0 spiro atoms. The van der Waals surface area contributed by atoms with Crippen molar-refractivity contribution in [1.29, 1.82) is 0 Å². The van der Waals surface area contributed by atoms with E-state index >= 15 is 0 Å².